The summed E-state index contributed by atoms with van der Waals surface area (Å²) < 4.78 is 5.39. The number of carbonyl (C=O) groups is 1. The van der Waals surface area contributed by atoms with Crippen LogP contribution in [0.2, 0.25) is 0 Å². The van der Waals surface area contributed by atoms with E-state index in [-0.39, 0.29) is 12.5 Å². The van der Waals surface area contributed by atoms with Crippen molar-refractivity contribution in [3.63, 3.8) is 0 Å². The SMILES string of the molecule is Cc1ccc(OCC(=O)NCc2ccc(C#N)cc2)cc1. The molecule has 106 valence electrons. The third-order valence-corrected chi connectivity index (χ3v) is 2.96. The minimum absolute atomic E-state index is 0.0145. The van der Waals surface area contributed by atoms with Crippen molar-refractivity contribution in [1.82, 2.24) is 5.32 Å². The number of carbonyl (C=O) groups excluding carboxylic acids is 1. The normalized spacial score (nSPS) is 9.71. The lowest BCUT2D eigenvalue weighted by Crippen LogP contribution is -2.28. The molecule has 4 heteroatoms. The van der Waals surface area contributed by atoms with Crippen molar-refractivity contribution < 1.29 is 9.53 Å². The molecule has 0 atom stereocenters. The van der Waals surface area contributed by atoms with Gasteiger partial charge in [0.2, 0.25) is 0 Å². The van der Waals surface area contributed by atoms with Gasteiger partial charge < -0.3 is 10.1 Å². The van der Waals surface area contributed by atoms with Crippen LogP contribution in [0.15, 0.2) is 48.5 Å². The summed E-state index contributed by atoms with van der Waals surface area (Å²) in [5, 5.41) is 11.5. The molecule has 0 aliphatic heterocycles. The van der Waals surface area contributed by atoms with Gasteiger partial charge in [0.25, 0.3) is 5.91 Å². The van der Waals surface area contributed by atoms with Crippen LogP contribution >= 0.6 is 0 Å². The molecule has 0 radical (unpaired) electrons. The van der Waals surface area contributed by atoms with Crippen LogP contribution in [0.5, 0.6) is 5.75 Å². The Bertz CT molecular complexity index is 640. The minimum atomic E-state index is -0.181. The fourth-order valence-electron chi connectivity index (χ4n) is 1.73. The zero-order chi connectivity index (χ0) is 15.1. The molecule has 0 spiro atoms. The van der Waals surface area contributed by atoms with Crippen molar-refractivity contribution in [1.29, 1.82) is 5.26 Å². The van der Waals surface area contributed by atoms with E-state index in [1.807, 2.05) is 43.3 Å². The molecule has 0 aliphatic rings. The van der Waals surface area contributed by atoms with Crippen molar-refractivity contribution in [2.24, 2.45) is 0 Å². The molecular weight excluding hydrogens is 264 g/mol. The highest BCUT2D eigenvalue weighted by Gasteiger charge is 2.03. The second-order valence-electron chi connectivity index (χ2n) is 4.69. The van der Waals surface area contributed by atoms with E-state index in [2.05, 4.69) is 11.4 Å². The molecule has 0 saturated heterocycles. The first-order valence-corrected chi connectivity index (χ1v) is 6.62. The number of amides is 1. The Morgan fingerprint density at radius 1 is 1.14 bits per heavy atom. The second kappa shape index (κ2) is 7.11. The van der Waals surface area contributed by atoms with Gasteiger partial charge in [-0.1, -0.05) is 29.8 Å². The molecule has 2 rings (SSSR count). The average molecular weight is 280 g/mol. The summed E-state index contributed by atoms with van der Waals surface area (Å²) >= 11 is 0. The number of aryl methyl sites for hydroxylation is 1. The summed E-state index contributed by atoms with van der Waals surface area (Å²) in [5.41, 5.74) is 2.69. The summed E-state index contributed by atoms with van der Waals surface area (Å²) in [4.78, 5) is 11.7. The standard InChI is InChI=1S/C17H16N2O2/c1-13-2-8-16(9-3-13)21-12-17(20)19-11-15-6-4-14(10-18)5-7-15/h2-9H,11-12H2,1H3,(H,19,20). The van der Waals surface area contributed by atoms with E-state index in [9.17, 15) is 4.79 Å². The van der Waals surface area contributed by atoms with Gasteiger partial charge in [-0.2, -0.15) is 5.26 Å². The smallest absolute Gasteiger partial charge is 0.258 e. The number of rotatable bonds is 5. The first kappa shape index (κ1) is 14.6. The van der Waals surface area contributed by atoms with Crippen molar-refractivity contribution in [2.75, 3.05) is 6.61 Å². The maximum atomic E-state index is 11.7. The molecule has 0 fully saturated rings. The minimum Gasteiger partial charge on any atom is -0.484 e. The van der Waals surface area contributed by atoms with Gasteiger partial charge >= 0.3 is 0 Å². The molecule has 0 unspecified atom stereocenters. The molecular formula is C17H16N2O2. The van der Waals surface area contributed by atoms with E-state index in [1.54, 1.807) is 12.1 Å². The van der Waals surface area contributed by atoms with Crippen LogP contribution in [0.25, 0.3) is 0 Å². The lowest BCUT2D eigenvalue weighted by Gasteiger charge is -2.08. The van der Waals surface area contributed by atoms with Gasteiger partial charge in [0.1, 0.15) is 5.75 Å². The first-order valence-electron chi connectivity index (χ1n) is 6.62. The number of nitriles is 1. The number of hydrogen-bond donors (Lipinski definition) is 1. The number of nitrogens with zero attached hydrogens (tertiary/aromatic N) is 1. The Morgan fingerprint density at radius 2 is 1.81 bits per heavy atom. The molecule has 0 aliphatic carbocycles. The van der Waals surface area contributed by atoms with Crippen LogP contribution in [0.4, 0.5) is 0 Å². The Kier molecular flexibility index (Phi) is 4.94. The molecule has 4 nitrogen and oxygen atoms in total. The van der Waals surface area contributed by atoms with Crippen LogP contribution in [-0.4, -0.2) is 12.5 Å². The lowest BCUT2D eigenvalue weighted by molar-refractivity contribution is -0.123. The van der Waals surface area contributed by atoms with E-state index in [0.29, 0.717) is 17.9 Å². The zero-order valence-electron chi connectivity index (χ0n) is 11.8. The monoisotopic (exact) mass is 280 g/mol. The molecule has 0 heterocycles. The Labute approximate surface area is 124 Å². The molecule has 0 saturated carbocycles. The van der Waals surface area contributed by atoms with Crippen LogP contribution in [0, 0.1) is 18.3 Å². The summed E-state index contributed by atoms with van der Waals surface area (Å²) in [6.07, 6.45) is 0. The number of benzene rings is 2. The van der Waals surface area contributed by atoms with Crippen LogP contribution in [0.3, 0.4) is 0 Å². The second-order valence-corrected chi connectivity index (χ2v) is 4.69. The number of hydrogen-bond acceptors (Lipinski definition) is 3. The zero-order valence-corrected chi connectivity index (χ0v) is 11.8. The molecule has 21 heavy (non-hydrogen) atoms. The maximum absolute atomic E-state index is 11.7. The molecule has 1 amide bonds. The number of ether oxygens (including phenoxy) is 1. The van der Waals surface area contributed by atoms with E-state index in [4.69, 9.17) is 10.00 Å². The van der Waals surface area contributed by atoms with Gasteiger partial charge in [0.05, 0.1) is 11.6 Å². The van der Waals surface area contributed by atoms with Crippen molar-refractivity contribution in [3.05, 3.63) is 65.2 Å². The fraction of sp³-hybridized carbons (Fsp3) is 0.176. The third kappa shape index (κ3) is 4.66. The van der Waals surface area contributed by atoms with E-state index >= 15 is 0 Å². The van der Waals surface area contributed by atoms with Crippen molar-refractivity contribution in [3.8, 4) is 11.8 Å². The number of nitrogens with one attached hydrogen (secondary N) is 1. The van der Waals surface area contributed by atoms with Gasteiger partial charge in [0.15, 0.2) is 6.61 Å². The molecule has 0 bridgehead atoms. The third-order valence-electron chi connectivity index (χ3n) is 2.96. The van der Waals surface area contributed by atoms with Gasteiger partial charge in [0, 0.05) is 6.54 Å². The van der Waals surface area contributed by atoms with E-state index < -0.39 is 0 Å². The fourth-order valence-corrected chi connectivity index (χ4v) is 1.73. The summed E-state index contributed by atoms with van der Waals surface area (Å²) in [5.74, 6) is 0.494. The van der Waals surface area contributed by atoms with Crippen LogP contribution in [0.1, 0.15) is 16.7 Å². The lowest BCUT2D eigenvalue weighted by atomic mass is 10.1. The topological polar surface area (TPSA) is 62.1 Å². The van der Waals surface area contributed by atoms with E-state index in [0.717, 1.165) is 11.1 Å². The Morgan fingerprint density at radius 3 is 2.43 bits per heavy atom. The highest BCUT2D eigenvalue weighted by Crippen LogP contribution is 2.11. The van der Waals surface area contributed by atoms with Gasteiger partial charge in [-0.15, -0.1) is 0 Å². The Balaban J connectivity index is 1.76. The summed E-state index contributed by atoms with van der Waals surface area (Å²) in [7, 11) is 0. The van der Waals surface area contributed by atoms with Crippen molar-refractivity contribution in [2.45, 2.75) is 13.5 Å². The highest BCUT2D eigenvalue weighted by atomic mass is 16.5. The predicted octanol–water partition coefficient (Wildman–Crippen LogP) is 2.56. The van der Waals surface area contributed by atoms with Crippen LogP contribution in [-0.2, 0) is 11.3 Å². The average Bonchev–Trinajstić information content (AvgIpc) is 2.53. The van der Waals surface area contributed by atoms with Gasteiger partial charge in [-0.3, -0.25) is 4.79 Å². The van der Waals surface area contributed by atoms with E-state index in [1.165, 1.54) is 0 Å². The van der Waals surface area contributed by atoms with Crippen LogP contribution < -0.4 is 10.1 Å². The molecule has 0 aromatic heterocycles. The molecule has 1 N–H and O–H groups in total. The molecule has 2 aromatic carbocycles. The Hall–Kier alpha value is -2.80. The predicted molar refractivity (Wildman–Crippen MR) is 79.7 cm³/mol. The van der Waals surface area contributed by atoms with Crippen molar-refractivity contribution >= 4 is 5.91 Å². The molecule has 2 aromatic rings. The van der Waals surface area contributed by atoms with Gasteiger partial charge in [-0.25, -0.2) is 0 Å². The highest BCUT2D eigenvalue weighted by molar-refractivity contribution is 5.77. The summed E-state index contributed by atoms with van der Waals surface area (Å²) in [6.45, 7) is 2.40. The first-order chi connectivity index (χ1) is 10.2. The quantitative estimate of drug-likeness (QED) is 0.915. The maximum Gasteiger partial charge on any atom is 0.258 e. The van der Waals surface area contributed by atoms with Gasteiger partial charge in [-0.05, 0) is 36.8 Å². The largest absolute Gasteiger partial charge is 0.484 e. The summed E-state index contributed by atoms with van der Waals surface area (Å²) in [6, 6.07) is 16.7.